The second-order valence-corrected chi connectivity index (χ2v) is 5.74. The van der Waals surface area contributed by atoms with Crippen molar-refractivity contribution in [1.29, 1.82) is 0 Å². The van der Waals surface area contributed by atoms with Crippen LogP contribution in [0, 0.1) is 0 Å². The van der Waals surface area contributed by atoms with Gasteiger partial charge in [0.2, 0.25) is 0 Å². The summed E-state index contributed by atoms with van der Waals surface area (Å²) in [6, 6.07) is 9.69. The van der Waals surface area contributed by atoms with Crippen LogP contribution >= 0.6 is 27.3 Å². The Bertz CT molecular complexity index is 598. The van der Waals surface area contributed by atoms with Crippen molar-refractivity contribution in [3.8, 4) is 0 Å². The summed E-state index contributed by atoms with van der Waals surface area (Å²) in [5.74, 6) is -0.406. The molecule has 0 radical (unpaired) electrons. The van der Waals surface area contributed by atoms with Crippen molar-refractivity contribution >= 4 is 43.9 Å². The molecule has 0 spiro atoms. The number of nitrogen functional groups attached to an aromatic ring is 1. The molecule has 0 bridgehead atoms. The van der Waals surface area contributed by atoms with Crippen molar-refractivity contribution in [2.75, 3.05) is 18.2 Å². The Labute approximate surface area is 123 Å². The number of thiophene rings is 1. The van der Waals surface area contributed by atoms with Gasteiger partial charge in [0.15, 0.2) is 0 Å². The average Bonchev–Trinajstić information content (AvgIpc) is 2.78. The smallest absolute Gasteiger partial charge is 0.350 e. The van der Waals surface area contributed by atoms with Gasteiger partial charge in [-0.1, -0.05) is 34.1 Å². The molecule has 0 aliphatic rings. The molecule has 3 N–H and O–H groups in total. The molecule has 0 saturated carbocycles. The fraction of sp³-hybridized carbons (Fsp3) is 0.154. The van der Waals surface area contributed by atoms with E-state index in [1.807, 2.05) is 24.3 Å². The lowest BCUT2D eigenvalue weighted by Gasteiger charge is -2.05. The quantitative estimate of drug-likeness (QED) is 0.836. The summed E-state index contributed by atoms with van der Waals surface area (Å²) < 4.78 is 5.71. The normalized spacial score (nSPS) is 10.2. The van der Waals surface area contributed by atoms with Crippen molar-refractivity contribution in [3.05, 3.63) is 45.2 Å². The fourth-order valence-corrected chi connectivity index (χ4v) is 2.89. The van der Waals surface area contributed by atoms with E-state index < -0.39 is 5.97 Å². The largest absolute Gasteiger partial charge is 0.465 e. The number of nitrogens with one attached hydrogen (secondary N) is 1. The number of rotatable bonds is 4. The van der Waals surface area contributed by atoms with Gasteiger partial charge < -0.3 is 15.8 Å². The van der Waals surface area contributed by atoms with Crippen LogP contribution in [0.15, 0.2) is 34.8 Å². The van der Waals surface area contributed by atoms with Crippen LogP contribution in [0.5, 0.6) is 0 Å². The number of anilines is 2. The molecule has 0 unspecified atom stereocenters. The molecule has 0 saturated heterocycles. The van der Waals surface area contributed by atoms with Crippen LogP contribution in [0.3, 0.4) is 0 Å². The zero-order chi connectivity index (χ0) is 13.8. The molecule has 6 heteroatoms. The molecule has 0 atom stereocenters. The molecular weight excluding hydrogens is 328 g/mol. The highest BCUT2D eigenvalue weighted by Crippen LogP contribution is 2.30. The van der Waals surface area contributed by atoms with E-state index in [1.54, 1.807) is 6.07 Å². The number of hydrogen-bond acceptors (Lipinski definition) is 5. The lowest BCUT2D eigenvalue weighted by Crippen LogP contribution is -2.01. The number of ether oxygens (including phenoxy) is 1. The third kappa shape index (κ3) is 3.27. The molecule has 1 heterocycles. The van der Waals surface area contributed by atoms with Gasteiger partial charge in [0.1, 0.15) is 4.88 Å². The van der Waals surface area contributed by atoms with Crippen LogP contribution in [0.1, 0.15) is 15.2 Å². The number of carbonyl (C=O) groups excluding carboxylic acids is 1. The number of esters is 1. The number of nitrogens with two attached hydrogens (primary N) is 1. The maximum absolute atomic E-state index is 11.4. The predicted octanol–water partition coefficient (Wildman–Crippen LogP) is 3.49. The first-order valence-corrected chi connectivity index (χ1v) is 7.17. The SMILES string of the molecule is COC(=O)c1sc(NCc2ccccc2Br)cc1N. The van der Waals surface area contributed by atoms with E-state index >= 15 is 0 Å². The maximum Gasteiger partial charge on any atom is 0.350 e. The second kappa shape index (κ2) is 6.08. The summed E-state index contributed by atoms with van der Waals surface area (Å²) >= 11 is 4.78. The van der Waals surface area contributed by atoms with Gasteiger partial charge in [-0.25, -0.2) is 4.79 Å². The molecule has 1 aromatic heterocycles. The Morgan fingerprint density at radius 3 is 2.89 bits per heavy atom. The van der Waals surface area contributed by atoms with E-state index in [0.717, 1.165) is 15.0 Å². The highest BCUT2D eigenvalue weighted by molar-refractivity contribution is 9.10. The predicted molar refractivity (Wildman–Crippen MR) is 81.5 cm³/mol. The summed E-state index contributed by atoms with van der Waals surface area (Å²) in [6.45, 7) is 0.655. The van der Waals surface area contributed by atoms with Gasteiger partial charge >= 0.3 is 5.97 Å². The fourth-order valence-electron chi connectivity index (χ4n) is 1.57. The lowest BCUT2D eigenvalue weighted by atomic mass is 10.2. The molecule has 19 heavy (non-hydrogen) atoms. The molecule has 2 rings (SSSR count). The molecule has 1 aromatic carbocycles. The van der Waals surface area contributed by atoms with Crippen LogP contribution < -0.4 is 11.1 Å². The maximum atomic E-state index is 11.4. The van der Waals surface area contributed by atoms with E-state index in [2.05, 4.69) is 26.0 Å². The van der Waals surface area contributed by atoms with Crippen molar-refractivity contribution in [2.45, 2.75) is 6.54 Å². The van der Waals surface area contributed by atoms with Gasteiger partial charge in [-0.15, -0.1) is 11.3 Å². The monoisotopic (exact) mass is 340 g/mol. The first-order chi connectivity index (χ1) is 9.11. The minimum atomic E-state index is -0.406. The van der Waals surface area contributed by atoms with Gasteiger partial charge in [-0.05, 0) is 17.7 Å². The zero-order valence-electron chi connectivity index (χ0n) is 10.3. The number of halogens is 1. The summed E-state index contributed by atoms with van der Waals surface area (Å²) in [7, 11) is 1.34. The van der Waals surface area contributed by atoms with E-state index in [0.29, 0.717) is 17.1 Å². The number of benzene rings is 1. The van der Waals surface area contributed by atoms with E-state index in [-0.39, 0.29) is 0 Å². The van der Waals surface area contributed by atoms with Gasteiger partial charge in [-0.3, -0.25) is 0 Å². The average molecular weight is 341 g/mol. The minimum Gasteiger partial charge on any atom is -0.465 e. The van der Waals surface area contributed by atoms with Crippen molar-refractivity contribution < 1.29 is 9.53 Å². The Balaban J connectivity index is 2.09. The Hall–Kier alpha value is -1.53. The van der Waals surface area contributed by atoms with Crippen molar-refractivity contribution in [1.82, 2.24) is 0 Å². The summed E-state index contributed by atoms with van der Waals surface area (Å²) in [5, 5.41) is 4.08. The molecule has 0 fully saturated rings. The van der Waals surface area contributed by atoms with Gasteiger partial charge in [-0.2, -0.15) is 0 Å². The second-order valence-electron chi connectivity index (χ2n) is 3.83. The minimum absolute atomic E-state index is 0.406. The zero-order valence-corrected chi connectivity index (χ0v) is 12.7. The Morgan fingerprint density at radius 2 is 2.21 bits per heavy atom. The van der Waals surface area contributed by atoms with Crippen LogP contribution in [0.2, 0.25) is 0 Å². The molecule has 100 valence electrons. The summed E-state index contributed by atoms with van der Waals surface area (Å²) in [5.41, 5.74) is 7.35. The topological polar surface area (TPSA) is 64.3 Å². The highest BCUT2D eigenvalue weighted by Gasteiger charge is 2.14. The summed E-state index contributed by atoms with van der Waals surface area (Å²) in [6.07, 6.45) is 0. The molecule has 0 amide bonds. The Kier molecular flexibility index (Phi) is 4.44. The van der Waals surface area contributed by atoms with Crippen LogP contribution in [-0.2, 0) is 11.3 Å². The number of hydrogen-bond donors (Lipinski definition) is 2. The van der Waals surface area contributed by atoms with E-state index in [4.69, 9.17) is 5.73 Å². The number of methoxy groups -OCH3 is 1. The highest BCUT2D eigenvalue weighted by atomic mass is 79.9. The molecule has 2 aromatic rings. The first kappa shape index (κ1) is 13.9. The standard InChI is InChI=1S/C13H13BrN2O2S/c1-18-13(17)12-10(15)6-11(19-12)16-7-8-4-2-3-5-9(8)14/h2-6,16H,7,15H2,1H3. The Morgan fingerprint density at radius 1 is 1.47 bits per heavy atom. The third-order valence-corrected chi connectivity index (χ3v) is 4.40. The van der Waals surface area contributed by atoms with Gasteiger partial charge in [0, 0.05) is 11.0 Å². The van der Waals surface area contributed by atoms with E-state index in [9.17, 15) is 4.79 Å². The summed E-state index contributed by atoms with van der Waals surface area (Å²) in [4.78, 5) is 11.9. The van der Waals surface area contributed by atoms with Crippen LogP contribution in [0.4, 0.5) is 10.7 Å². The molecule has 4 nitrogen and oxygen atoms in total. The van der Waals surface area contributed by atoms with Gasteiger partial charge in [0.25, 0.3) is 0 Å². The van der Waals surface area contributed by atoms with Crippen LogP contribution in [0.25, 0.3) is 0 Å². The van der Waals surface area contributed by atoms with E-state index in [1.165, 1.54) is 18.4 Å². The molecule has 0 aliphatic heterocycles. The van der Waals surface area contributed by atoms with Crippen molar-refractivity contribution in [2.24, 2.45) is 0 Å². The molecule has 0 aliphatic carbocycles. The van der Waals surface area contributed by atoms with Crippen molar-refractivity contribution in [3.63, 3.8) is 0 Å². The lowest BCUT2D eigenvalue weighted by molar-refractivity contribution is 0.0607. The van der Waals surface area contributed by atoms with Crippen LogP contribution in [-0.4, -0.2) is 13.1 Å². The van der Waals surface area contributed by atoms with Gasteiger partial charge in [0.05, 0.1) is 17.8 Å². The first-order valence-electron chi connectivity index (χ1n) is 5.56. The third-order valence-electron chi connectivity index (χ3n) is 2.54. The molecular formula is C13H13BrN2O2S. The number of carbonyl (C=O) groups is 1.